The van der Waals surface area contributed by atoms with E-state index in [2.05, 4.69) is 59.7 Å². The summed E-state index contributed by atoms with van der Waals surface area (Å²) < 4.78 is 7.52. The van der Waals surface area contributed by atoms with Crippen LogP contribution < -0.4 is 5.32 Å². The van der Waals surface area contributed by atoms with Crippen molar-refractivity contribution in [2.24, 2.45) is 5.92 Å². The predicted octanol–water partition coefficient (Wildman–Crippen LogP) is 5.32. The fourth-order valence-corrected chi connectivity index (χ4v) is 4.25. The second-order valence-electron chi connectivity index (χ2n) is 7.97. The van der Waals surface area contributed by atoms with Crippen LogP contribution in [0, 0.1) is 5.92 Å². The van der Waals surface area contributed by atoms with Gasteiger partial charge >= 0.3 is 0 Å². The van der Waals surface area contributed by atoms with Crippen molar-refractivity contribution in [3.8, 4) is 11.6 Å². The maximum Gasteiger partial charge on any atom is 0.230 e. The number of carbonyl (C=O) groups is 1. The maximum atomic E-state index is 12.6. The third-order valence-corrected chi connectivity index (χ3v) is 5.96. The summed E-state index contributed by atoms with van der Waals surface area (Å²) in [5.74, 6) is 2.00. The monoisotopic (exact) mass is 434 g/mol. The van der Waals surface area contributed by atoms with Gasteiger partial charge in [0, 0.05) is 6.54 Å². The van der Waals surface area contributed by atoms with Crippen LogP contribution in [0.1, 0.15) is 32.4 Å². The van der Waals surface area contributed by atoms with Crippen LogP contribution in [0.3, 0.4) is 0 Å². The van der Waals surface area contributed by atoms with Crippen LogP contribution in [-0.2, 0) is 11.3 Å². The summed E-state index contributed by atoms with van der Waals surface area (Å²) in [7, 11) is 0. The molecule has 7 heteroatoms. The molecular formula is C24H26N4O2S. The van der Waals surface area contributed by atoms with Gasteiger partial charge in [0.25, 0.3) is 0 Å². The van der Waals surface area contributed by atoms with Gasteiger partial charge in [-0.25, -0.2) is 0 Å². The highest BCUT2D eigenvalue weighted by Crippen LogP contribution is 2.26. The Balaban J connectivity index is 1.42. The first-order valence-corrected chi connectivity index (χ1v) is 11.4. The fourth-order valence-electron chi connectivity index (χ4n) is 3.49. The van der Waals surface area contributed by atoms with Crippen LogP contribution in [0.15, 0.2) is 70.4 Å². The number of amides is 1. The molecule has 6 nitrogen and oxygen atoms in total. The zero-order valence-corrected chi connectivity index (χ0v) is 18.7. The van der Waals surface area contributed by atoms with Crippen molar-refractivity contribution in [2.45, 2.75) is 38.5 Å². The van der Waals surface area contributed by atoms with Crippen LogP contribution in [0.5, 0.6) is 0 Å². The Bertz CT molecular complexity index is 1170. The molecule has 0 fully saturated rings. The van der Waals surface area contributed by atoms with Gasteiger partial charge in [-0.05, 0) is 47.4 Å². The SMILES string of the molecule is CC(C)Cn1c(SCC(=O)NC(C)c2ccc3ccccc3c2)nnc1-c1ccco1. The Morgan fingerprint density at radius 3 is 2.61 bits per heavy atom. The first kappa shape index (κ1) is 21.2. The molecule has 1 N–H and O–H groups in total. The van der Waals surface area contributed by atoms with E-state index < -0.39 is 0 Å². The number of aromatic nitrogens is 3. The highest BCUT2D eigenvalue weighted by Gasteiger charge is 2.19. The number of nitrogens with zero attached hydrogens (tertiary/aromatic N) is 3. The molecule has 0 saturated heterocycles. The molecule has 4 aromatic rings. The van der Waals surface area contributed by atoms with E-state index in [1.165, 1.54) is 22.5 Å². The number of carbonyl (C=O) groups excluding carboxylic acids is 1. The molecule has 0 aliphatic rings. The lowest BCUT2D eigenvalue weighted by Gasteiger charge is -2.15. The van der Waals surface area contributed by atoms with E-state index in [0.717, 1.165) is 12.1 Å². The number of nitrogens with one attached hydrogen (secondary N) is 1. The summed E-state index contributed by atoms with van der Waals surface area (Å²) >= 11 is 1.39. The fraction of sp³-hybridized carbons (Fsp3) is 0.292. The highest BCUT2D eigenvalue weighted by molar-refractivity contribution is 7.99. The van der Waals surface area contributed by atoms with Gasteiger partial charge in [-0.2, -0.15) is 0 Å². The smallest absolute Gasteiger partial charge is 0.230 e. The molecule has 2 heterocycles. The minimum absolute atomic E-state index is 0.0377. The van der Waals surface area contributed by atoms with Crippen molar-refractivity contribution in [3.63, 3.8) is 0 Å². The zero-order chi connectivity index (χ0) is 21.8. The maximum absolute atomic E-state index is 12.6. The van der Waals surface area contributed by atoms with Gasteiger partial charge in [-0.15, -0.1) is 10.2 Å². The Morgan fingerprint density at radius 2 is 1.87 bits per heavy atom. The van der Waals surface area contributed by atoms with Crippen molar-refractivity contribution in [3.05, 3.63) is 66.4 Å². The van der Waals surface area contributed by atoms with Crippen LogP contribution >= 0.6 is 11.8 Å². The van der Waals surface area contributed by atoms with Gasteiger partial charge in [0.05, 0.1) is 18.1 Å². The van der Waals surface area contributed by atoms with Crippen LogP contribution in [-0.4, -0.2) is 26.4 Å². The van der Waals surface area contributed by atoms with Gasteiger partial charge in [0.15, 0.2) is 16.7 Å². The summed E-state index contributed by atoms with van der Waals surface area (Å²) in [4.78, 5) is 12.6. The largest absolute Gasteiger partial charge is 0.461 e. The molecule has 2 aromatic heterocycles. The van der Waals surface area contributed by atoms with Crippen molar-refractivity contribution >= 4 is 28.4 Å². The molecule has 2 aromatic carbocycles. The van der Waals surface area contributed by atoms with Crippen molar-refractivity contribution in [2.75, 3.05) is 5.75 Å². The van der Waals surface area contributed by atoms with E-state index in [1.54, 1.807) is 6.26 Å². The Morgan fingerprint density at radius 1 is 1.06 bits per heavy atom. The van der Waals surface area contributed by atoms with Crippen LogP contribution in [0.25, 0.3) is 22.4 Å². The summed E-state index contributed by atoms with van der Waals surface area (Å²) in [6.07, 6.45) is 1.62. The molecule has 0 aliphatic heterocycles. The molecule has 0 radical (unpaired) electrons. The van der Waals surface area contributed by atoms with Crippen molar-refractivity contribution < 1.29 is 9.21 Å². The van der Waals surface area contributed by atoms with Crippen molar-refractivity contribution in [1.82, 2.24) is 20.1 Å². The number of thioether (sulfide) groups is 1. The predicted molar refractivity (Wildman–Crippen MR) is 124 cm³/mol. The second kappa shape index (κ2) is 9.39. The van der Waals surface area contributed by atoms with Gasteiger partial charge in [0.1, 0.15) is 0 Å². The molecule has 160 valence electrons. The zero-order valence-electron chi connectivity index (χ0n) is 17.9. The molecule has 31 heavy (non-hydrogen) atoms. The molecule has 1 unspecified atom stereocenters. The number of benzene rings is 2. The second-order valence-corrected chi connectivity index (χ2v) is 8.91. The number of furan rings is 1. The lowest BCUT2D eigenvalue weighted by atomic mass is 10.0. The van der Waals surface area contributed by atoms with Crippen molar-refractivity contribution in [1.29, 1.82) is 0 Å². The highest BCUT2D eigenvalue weighted by atomic mass is 32.2. The van der Waals surface area contributed by atoms with E-state index in [9.17, 15) is 4.79 Å². The third kappa shape index (κ3) is 4.99. The lowest BCUT2D eigenvalue weighted by molar-refractivity contribution is -0.119. The Labute approximate surface area is 186 Å². The number of hydrogen-bond acceptors (Lipinski definition) is 5. The van der Waals surface area contributed by atoms with E-state index in [4.69, 9.17) is 4.42 Å². The summed E-state index contributed by atoms with van der Waals surface area (Å²) in [5.41, 5.74) is 1.08. The van der Waals surface area contributed by atoms with E-state index in [-0.39, 0.29) is 17.7 Å². The number of rotatable bonds is 8. The molecule has 0 bridgehead atoms. The van der Waals surface area contributed by atoms with Gasteiger partial charge < -0.3 is 9.73 Å². The first-order valence-electron chi connectivity index (χ1n) is 10.4. The average molecular weight is 435 g/mol. The standard InChI is InChI=1S/C24H26N4O2S/c1-16(2)14-28-23(21-9-6-12-30-21)26-27-24(28)31-15-22(29)25-17(3)19-11-10-18-7-4-5-8-20(18)13-19/h4-13,16-17H,14-15H2,1-3H3,(H,25,29). The van der Waals surface area contributed by atoms with E-state index in [1.807, 2.05) is 35.8 Å². The first-order chi connectivity index (χ1) is 15.0. The molecule has 0 aliphatic carbocycles. The number of fused-ring (bicyclic) bond motifs is 1. The minimum atomic E-state index is -0.0788. The molecule has 0 saturated carbocycles. The van der Waals surface area contributed by atoms with E-state index in [0.29, 0.717) is 22.7 Å². The van der Waals surface area contributed by atoms with Crippen LogP contribution in [0.2, 0.25) is 0 Å². The summed E-state index contributed by atoms with van der Waals surface area (Å²) in [6, 6.07) is 18.1. The molecule has 4 rings (SSSR count). The third-order valence-electron chi connectivity index (χ3n) is 4.99. The van der Waals surface area contributed by atoms with Crippen LogP contribution in [0.4, 0.5) is 0 Å². The quantitative estimate of drug-likeness (QED) is 0.380. The van der Waals surface area contributed by atoms with Gasteiger partial charge in [-0.1, -0.05) is 62.0 Å². The normalized spacial score (nSPS) is 12.4. The van der Waals surface area contributed by atoms with E-state index >= 15 is 0 Å². The Kier molecular flexibility index (Phi) is 6.42. The molecular weight excluding hydrogens is 408 g/mol. The Hall–Kier alpha value is -3.06. The van der Waals surface area contributed by atoms with Gasteiger partial charge in [-0.3, -0.25) is 9.36 Å². The molecule has 1 atom stereocenters. The van der Waals surface area contributed by atoms with Gasteiger partial charge in [0.2, 0.25) is 5.91 Å². The average Bonchev–Trinajstić information content (AvgIpc) is 3.41. The summed E-state index contributed by atoms with van der Waals surface area (Å²) in [5, 5.41) is 14.8. The molecule has 0 spiro atoms. The topological polar surface area (TPSA) is 73.0 Å². The summed E-state index contributed by atoms with van der Waals surface area (Å²) in [6.45, 7) is 7.03. The number of hydrogen-bond donors (Lipinski definition) is 1. The lowest BCUT2D eigenvalue weighted by Crippen LogP contribution is -2.28. The minimum Gasteiger partial charge on any atom is -0.461 e. The molecule has 1 amide bonds.